The van der Waals surface area contributed by atoms with Crippen molar-refractivity contribution < 1.29 is 4.79 Å². The minimum Gasteiger partial charge on any atom is -0.335 e. The summed E-state index contributed by atoms with van der Waals surface area (Å²) in [5.41, 5.74) is 2.60. The average molecular weight is 297 g/mol. The summed E-state index contributed by atoms with van der Waals surface area (Å²) in [6, 6.07) is 8.69. The molecule has 0 aliphatic carbocycles. The molecule has 4 heteroatoms. The topological polar surface area (TPSA) is 32.3 Å². The Kier molecular flexibility index (Phi) is 6.50. The zero-order chi connectivity index (χ0) is 13.8. The Bertz CT molecular complexity index is 450. The van der Waals surface area contributed by atoms with E-state index < -0.39 is 0 Å². The maximum atomic E-state index is 12.5. The first kappa shape index (κ1) is 17.0. The van der Waals surface area contributed by atoms with E-state index in [0.29, 0.717) is 0 Å². The maximum Gasteiger partial charge on any atom is 0.227 e. The molecule has 2 atom stereocenters. The summed E-state index contributed by atoms with van der Waals surface area (Å²) >= 11 is 0. The highest BCUT2D eigenvalue weighted by Gasteiger charge is 2.32. The van der Waals surface area contributed by atoms with Gasteiger partial charge in [-0.1, -0.05) is 31.2 Å². The van der Waals surface area contributed by atoms with E-state index in [0.717, 1.165) is 25.9 Å². The highest BCUT2D eigenvalue weighted by atomic mass is 35.5. The van der Waals surface area contributed by atoms with Gasteiger partial charge in [0.05, 0.1) is 6.04 Å². The van der Waals surface area contributed by atoms with Gasteiger partial charge in [-0.2, -0.15) is 0 Å². The summed E-state index contributed by atoms with van der Waals surface area (Å²) in [6.45, 7) is 5.78. The Balaban J connectivity index is 0.00000200. The van der Waals surface area contributed by atoms with Crippen LogP contribution >= 0.6 is 12.4 Å². The molecular formula is C16H25ClN2O. The van der Waals surface area contributed by atoms with Crippen LogP contribution in [0.25, 0.3) is 0 Å². The van der Waals surface area contributed by atoms with E-state index in [1.807, 2.05) is 14.0 Å². The second kappa shape index (κ2) is 7.65. The average Bonchev–Trinajstić information content (AvgIpc) is 2.87. The lowest BCUT2D eigenvalue weighted by Crippen LogP contribution is -2.38. The van der Waals surface area contributed by atoms with Gasteiger partial charge in [-0.3, -0.25) is 4.79 Å². The van der Waals surface area contributed by atoms with E-state index in [1.165, 1.54) is 11.1 Å². The first-order valence-corrected chi connectivity index (χ1v) is 7.15. The Labute approximate surface area is 128 Å². The summed E-state index contributed by atoms with van der Waals surface area (Å²) in [6.07, 6.45) is 2.19. The van der Waals surface area contributed by atoms with Gasteiger partial charge >= 0.3 is 0 Å². The molecule has 0 bridgehead atoms. The van der Waals surface area contributed by atoms with E-state index in [2.05, 4.69) is 41.4 Å². The smallest absolute Gasteiger partial charge is 0.227 e. The lowest BCUT2D eigenvalue weighted by molar-refractivity contribution is -0.135. The monoisotopic (exact) mass is 296 g/mol. The number of hydrogen-bond donors (Lipinski definition) is 1. The van der Waals surface area contributed by atoms with Crippen molar-refractivity contribution in [2.45, 2.75) is 32.7 Å². The standard InChI is InChI=1S/C16H24N2O.ClH/c1-12-7-4-5-8-14(12)15-9-6-10-18(15)16(19)13(2)11-17-3;/h4-5,7-8,13,15,17H,6,9-11H2,1-3H3;1H. The van der Waals surface area contributed by atoms with Crippen LogP contribution in [0.2, 0.25) is 0 Å². The molecule has 2 unspecified atom stereocenters. The highest BCUT2D eigenvalue weighted by molar-refractivity contribution is 5.85. The van der Waals surface area contributed by atoms with Crippen LogP contribution in [0.15, 0.2) is 24.3 Å². The summed E-state index contributed by atoms with van der Waals surface area (Å²) in [4.78, 5) is 14.6. The molecule has 3 nitrogen and oxygen atoms in total. The number of rotatable bonds is 4. The number of nitrogens with zero attached hydrogens (tertiary/aromatic N) is 1. The Morgan fingerprint density at radius 3 is 2.80 bits per heavy atom. The van der Waals surface area contributed by atoms with Gasteiger partial charge in [-0.15, -0.1) is 12.4 Å². The number of carbonyl (C=O) groups excluding carboxylic acids is 1. The fourth-order valence-electron chi connectivity index (χ4n) is 2.99. The number of carbonyl (C=O) groups is 1. The Morgan fingerprint density at radius 1 is 1.45 bits per heavy atom. The summed E-state index contributed by atoms with van der Waals surface area (Å²) in [5, 5.41) is 3.09. The maximum absolute atomic E-state index is 12.5. The largest absolute Gasteiger partial charge is 0.335 e. The van der Waals surface area contributed by atoms with Crippen molar-refractivity contribution in [3.8, 4) is 0 Å². The van der Waals surface area contributed by atoms with Gasteiger partial charge in [-0.05, 0) is 37.9 Å². The predicted octanol–water partition coefficient (Wildman–Crippen LogP) is 2.94. The minimum absolute atomic E-state index is 0. The van der Waals surface area contributed by atoms with E-state index in [9.17, 15) is 4.79 Å². The third-order valence-corrected chi connectivity index (χ3v) is 4.02. The third kappa shape index (κ3) is 3.53. The van der Waals surface area contributed by atoms with Gasteiger partial charge < -0.3 is 10.2 Å². The van der Waals surface area contributed by atoms with Crippen molar-refractivity contribution >= 4 is 18.3 Å². The van der Waals surface area contributed by atoms with Crippen LogP contribution in [0.1, 0.15) is 36.9 Å². The number of likely N-dealkylation sites (tertiary alicyclic amines) is 1. The molecule has 0 spiro atoms. The summed E-state index contributed by atoms with van der Waals surface area (Å²) in [5.74, 6) is 0.328. The normalized spacial score (nSPS) is 19.6. The molecule has 1 fully saturated rings. The molecule has 1 aliphatic heterocycles. The Hall–Kier alpha value is -1.06. The quantitative estimate of drug-likeness (QED) is 0.926. The number of nitrogens with one attached hydrogen (secondary N) is 1. The van der Waals surface area contributed by atoms with Crippen molar-refractivity contribution in [2.75, 3.05) is 20.1 Å². The van der Waals surface area contributed by atoms with Crippen molar-refractivity contribution in [1.29, 1.82) is 0 Å². The molecule has 0 radical (unpaired) electrons. The molecule has 1 aliphatic rings. The fourth-order valence-corrected chi connectivity index (χ4v) is 2.99. The van der Waals surface area contributed by atoms with Crippen LogP contribution in [-0.4, -0.2) is 30.9 Å². The zero-order valence-electron chi connectivity index (χ0n) is 12.6. The summed E-state index contributed by atoms with van der Waals surface area (Å²) in [7, 11) is 1.90. The first-order valence-electron chi connectivity index (χ1n) is 7.15. The second-order valence-electron chi connectivity index (χ2n) is 5.50. The van der Waals surface area contributed by atoms with Crippen molar-refractivity contribution in [3.63, 3.8) is 0 Å². The number of benzene rings is 1. The number of amides is 1. The van der Waals surface area contributed by atoms with Crippen LogP contribution < -0.4 is 5.32 Å². The summed E-state index contributed by atoms with van der Waals surface area (Å²) < 4.78 is 0. The first-order chi connectivity index (χ1) is 9.15. The number of halogens is 1. The molecule has 112 valence electrons. The van der Waals surface area contributed by atoms with Gasteiger partial charge in [0.2, 0.25) is 5.91 Å². The van der Waals surface area contributed by atoms with Crippen molar-refractivity contribution in [1.82, 2.24) is 10.2 Å². The molecule has 0 saturated carbocycles. The fraction of sp³-hybridized carbons (Fsp3) is 0.562. The predicted molar refractivity (Wildman–Crippen MR) is 85.2 cm³/mol. The molecule has 1 aromatic carbocycles. The molecular weight excluding hydrogens is 272 g/mol. The van der Waals surface area contributed by atoms with E-state index >= 15 is 0 Å². The van der Waals surface area contributed by atoms with Gasteiger partial charge in [0.15, 0.2) is 0 Å². The van der Waals surface area contributed by atoms with Crippen LogP contribution in [-0.2, 0) is 4.79 Å². The van der Waals surface area contributed by atoms with E-state index in [4.69, 9.17) is 0 Å². The Morgan fingerprint density at radius 2 is 2.15 bits per heavy atom. The minimum atomic E-state index is 0. The lowest BCUT2D eigenvalue weighted by Gasteiger charge is -2.28. The van der Waals surface area contributed by atoms with Gasteiger partial charge in [0, 0.05) is 19.0 Å². The molecule has 0 aromatic heterocycles. The molecule has 1 N–H and O–H groups in total. The SMILES string of the molecule is CNCC(C)C(=O)N1CCCC1c1ccccc1C.Cl. The van der Waals surface area contributed by atoms with Crippen molar-refractivity contribution in [3.05, 3.63) is 35.4 Å². The van der Waals surface area contributed by atoms with Gasteiger partial charge in [0.25, 0.3) is 0 Å². The van der Waals surface area contributed by atoms with Gasteiger partial charge in [0.1, 0.15) is 0 Å². The molecule has 1 heterocycles. The molecule has 1 saturated heterocycles. The van der Waals surface area contributed by atoms with Crippen molar-refractivity contribution in [2.24, 2.45) is 5.92 Å². The third-order valence-electron chi connectivity index (χ3n) is 4.02. The van der Waals surface area contributed by atoms with Gasteiger partial charge in [-0.25, -0.2) is 0 Å². The van der Waals surface area contributed by atoms with Crippen LogP contribution in [0.5, 0.6) is 0 Å². The van der Waals surface area contributed by atoms with E-state index in [-0.39, 0.29) is 30.3 Å². The van der Waals surface area contributed by atoms with E-state index in [1.54, 1.807) is 0 Å². The molecule has 1 aromatic rings. The van der Waals surface area contributed by atoms with Crippen LogP contribution in [0.4, 0.5) is 0 Å². The zero-order valence-corrected chi connectivity index (χ0v) is 13.4. The molecule has 20 heavy (non-hydrogen) atoms. The molecule has 1 amide bonds. The number of aryl methyl sites for hydroxylation is 1. The number of hydrogen-bond acceptors (Lipinski definition) is 2. The molecule has 2 rings (SSSR count). The second-order valence-corrected chi connectivity index (χ2v) is 5.50. The van der Waals surface area contributed by atoms with Crippen LogP contribution in [0.3, 0.4) is 0 Å². The van der Waals surface area contributed by atoms with Crippen LogP contribution in [0, 0.1) is 12.8 Å². The highest BCUT2D eigenvalue weighted by Crippen LogP contribution is 2.34. The lowest BCUT2D eigenvalue weighted by atomic mass is 9.98.